The number of aryl methyl sites for hydroxylation is 1. The number of carbonyl (C=O) groups excluding carboxylic acids is 4. The number of nitrogens with one attached hydrogen (secondary N) is 2. The summed E-state index contributed by atoms with van der Waals surface area (Å²) in [6.07, 6.45) is 4.68. The lowest BCUT2D eigenvalue weighted by molar-refractivity contribution is -0.185. The third kappa shape index (κ3) is 7.43. The minimum atomic E-state index is -1.10. The van der Waals surface area contributed by atoms with Gasteiger partial charge in [-0.05, 0) is 76.5 Å². The zero-order chi connectivity index (χ0) is 30.3. The van der Waals surface area contributed by atoms with Gasteiger partial charge in [-0.25, -0.2) is 0 Å². The molecule has 0 saturated heterocycles. The Morgan fingerprint density at radius 2 is 1.30 bits per heavy atom. The maximum Gasteiger partial charge on any atom is 0.310 e. The van der Waals surface area contributed by atoms with E-state index >= 15 is 0 Å². The molecule has 3 atom stereocenters. The lowest BCUT2D eigenvalue weighted by atomic mass is 9.55. The highest BCUT2D eigenvalue weighted by atomic mass is 16.5. The minimum absolute atomic E-state index is 0.0339. The predicted octanol–water partition coefficient (Wildman–Crippen LogP) is 5.70. The number of amides is 2. The fourth-order valence-electron chi connectivity index (χ4n) is 6.04. The average Bonchev–Trinajstić information content (AvgIpc) is 2.84. The van der Waals surface area contributed by atoms with Gasteiger partial charge in [0.25, 0.3) is 0 Å². The van der Waals surface area contributed by atoms with Crippen molar-refractivity contribution in [3.8, 4) is 0 Å². The molecule has 1 saturated carbocycles. The standard InChI is InChI=1S/C32H50N2O6/c1-10-17-31(7,8)34-28(36)24-25(29(37)39-13-4)23(26(24)30(38)40-14-5)27(35)33-22-16-15-21(19-20(22)6)32(9,12-3)18-11-2/h15-16,19,23-26H,10-14,17-18H2,1-9H3,(H,33,35)(H,34,36). The van der Waals surface area contributed by atoms with Crippen LogP contribution in [0.25, 0.3) is 0 Å². The van der Waals surface area contributed by atoms with Crippen molar-refractivity contribution in [1.29, 1.82) is 0 Å². The molecule has 0 heterocycles. The van der Waals surface area contributed by atoms with E-state index in [9.17, 15) is 19.2 Å². The van der Waals surface area contributed by atoms with E-state index in [-0.39, 0.29) is 18.6 Å². The number of rotatable bonds is 14. The third-order valence-electron chi connectivity index (χ3n) is 8.37. The fraction of sp³-hybridized carbons (Fsp3) is 0.688. The van der Waals surface area contributed by atoms with Gasteiger partial charge in [0, 0.05) is 11.2 Å². The molecule has 0 aliphatic heterocycles. The van der Waals surface area contributed by atoms with Gasteiger partial charge in [0.2, 0.25) is 11.8 Å². The number of hydrogen-bond donors (Lipinski definition) is 2. The molecule has 0 spiro atoms. The Morgan fingerprint density at radius 1 is 0.775 bits per heavy atom. The lowest BCUT2D eigenvalue weighted by Gasteiger charge is -2.47. The Bertz CT molecular complexity index is 1040. The van der Waals surface area contributed by atoms with Gasteiger partial charge in [-0.2, -0.15) is 0 Å². The zero-order valence-electron chi connectivity index (χ0n) is 25.9. The maximum atomic E-state index is 13.7. The molecule has 0 radical (unpaired) electrons. The van der Waals surface area contributed by atoms with Crippen molar-refractivity contribution in [2.24, 2.45) is 23.7 Å². The Hall–Kier alpha value is -2.90. The van der Waals surface area contributed by atoms with Gasteiger partial charge in [0.05, 0.1) is 36.9 Å². The molecule has 0 bridgehead atoms. The number of hydrogen-bond acceptors (Lipinski definition) is 6. The molecule has 3 unspecified atom stereocenters. The van der Waals surface area contributed by atoms with Crippen molar-refractivity contribution in [1.82, 2.24) is 5.32 Å². The van der Waals surface area contributed by atoms with E-state index in [1.54, 1.807) is 13.8 Å². The number of esters is 2. The van der Waals surface area contributed by atoms with Crippen LogP contribution in [0.15, 0.2) is 18.2 Å². The Kier molecular flexibility index (Phi) is 11.8. The Labute approximate surface area is 240 Å². The number of benzene rings is 1. The van der Waals surface area contributed by atoms with Crippen molar-refractivity contribution in [2.45, 2.75) is 105 Å². The molecule has 2 N–H and O–H groups in total. The van der Waals surface area contributed by atoms with E-state index in [0.717, 1.165) is 31.2 Å². The summed E-state index contributed by atoms with van der Waals surface area (Å²) in [5.74, 6) is -6.64. The fourth-order valence-corrected chi connectivity index (χ4v) is 6.04. The van der Waals surface area contributed by atoms with Gasteiger partial charge in [-0.15, -0.1) is 0 Å². The summed E-state index contributed by atoms with van der Waals surface area (Å²) in [7, 11) is 0. The van der Waals surface area contributed by atoms with Crippen LogP contribution in [0.4, 0.5) is 5.69 Å². The van der Waals surface area contributed by atoms with Gasteiger partial charge in [-0.1, -0.05) is 52.7 Å². The first-order valence-corrected chi connectivity index (χ1v) is 14.9. The maximum absolute atomic E-state index is 13.7. The normalized spacial score (nSPS) is 21.9. The van der Waals surface area contributed by atoms with Crippen LogP contribution in [0.5, 0.6) is 0 Å². The highest BCUT2D eigenvalue weighted by molar-refractivity contribution is 6.04. The van der Waals surface area contributed by atoms with Crippen LogP contribution in [-0.4, -0.2) is 42.5 Å². The quantitative estimate of drug-likeness (QED) is 0.283. The van der Waals surface area contributed by atoms with Crippen molar-refractivity contribution in [3.05, 3.63) is 29.3 Å². The minimum Gasteiger partial charge on any atom is -0.466 e. The summed E-state index contributed by atoms with van der Waals surface area (Å²) < 4.78 is 10.6. The predicted molar refractivity (Wildman–Crippen MR) is 157 cm³/mol. The Morgan fingerprint density at radius 3 is 1.75 bits per heavy atom. The third-order valence-corrected chi connectivity index (χ3v) is 8.37. The number of ether oxygens (including phenoxy) is 2. The average molecular weight is 559 g/mol. The van der Waals surface area contributed by atoms with Gasteiger partial charge in [-0.3, -0.25) is 19.2 Å². The van der Waals surface area contributed by atoms with Crippen molar-refractivity contribution >= 4 is 29.4 Å². The van der Waals surface area contributed by atoms with Crippen LogP contribution < -0.4 is 10.6 Å². The molecule has 1 fully saturated rings. The molecule has 8 heteroatoms. The van der Waals surface area contributed by atoms with Crippen LogP contribution in [0.3, 0.4) is 0 Å². The zero-order valence-corrected chi connectivity index (χ0v) is 25.9. The van der Waals surface area contributed by atoms with E-state index in [0.29, 0.717) is 12.1 Å². The van der Waals surface area contributed by atoms with Gasteiger partial charge >= 0.3 is 11.9 Å². The molecule has 40 heavy (non-hydrogen) atoms. The molecule has 8 nitrogen and oxygen atoms in total. The molecular weight excluding hydrogens is 508 g/mol. The SMILES string of the molecule is CCCC(C)(C)NC(=O)C1C(C(=O)OCC)C(C(=O)Nc2ccc(C(C)(CC)CCC)cc2C)C1C(=O)OCC. The first kappa shape index (κ1) is 33.3. The molecular formula is C32H50N2O6. The smallest absolute Gasteiger partial charge is 0.310 e. The summed E-state index contributed by atoms with van der Waals surface area (Å²) in [5, 5.41) is 5.92. The molecule has 1 aromatic carbocycles. The van der Waals surface area contributed by atoms with E-state index < -0.39 is 53.0 Å². The van der Waals surface area contributed by atoms with Crippen LogP contribution >= 0.6 is 0 Å². The molecule has 0 aromatic heterocycles. The van der Waals surface area contributed by atoms with E-state index in [2.05, 4.69) is 37.5 Å². The Balaban J connectivity index is 2.43. The number of carbonyl (C=O) groups is 4. The largest absolute Gasteiger partial charge is 0.466 e. The molecule has 1 aliphatic carbocycles. The molecule has 2 amide bonds. The summed E-state index contributed by atoms with van der Waals surface area (Å²) in [5.41, 5.74) is 2.19. The van der Waals surface area contributed by atoms with Crippen molar-refractivity contribution in [2.75, 3.05) is 18.5 Å². The highest BCUT2D eigenvalue weighted by Gasteiger charge is 2.64. The summed E-state index contributed by atoms with van der Waals surface area (Å²) >= 11 is 0. The highest BCUT2D eigenvalue weighted by Crippen LogP contribution is 2.49. The first-order valence-electron chi connectivity index (χ1n) is 14.9. The molecule has 224 valence electrons. The van der Waals surface area contributed by atoms with Gasteiger partial charge in [0.15, 0.2) is 0 Å². The van der Waals surface area contributed by atoms with Gasteiger partial charge < -0.3 is 20.1 Å². The number of anilines is 1. The van der Waals surface area contributed by atoms with Crippen molar-refractivity contribution < 1.29 is 28.7 Å². The monoisotopic (exact) mass is 558 g/mol. The van der Waals surface area contributed by atoms with E-state index in [1.165, 1.54) is 5.56 Å². The van der Waals surface area contributed by atoms with Crippen LogP contribution in [0.1, 0.15) is 98.6 Å². The van der Waals surface area contributed by atoms with E-state index in [4.69, 9.17) is 9.47 Å². The summed E-state index contributed by atoms with van der Waals surface area (Å²) in [4.78, 5) is 53.4. The molecule has 1 aliphatic rings. The summed E-state index contributed by atoms with van der Waals surface area (Å²) in [6.45, 7) is 17.9. The molecule has 2 rings (SSSR count). The van der Waals surface area contributed by atoms with Crippen LogP contribution in [-0.2, 0) is 34.1 Å². The second-order valence-corrected chi connectivity index (χ2v) is 11.9. The second-order valence-electron chi connectivity index (χ2n) is 11.9. The second kappa shape index (κ2) is 14.1. The van der Waals surface area contributed by atoms with Crippen molar-refractivity contribution in [3.63, 3.8) is 0 Å². The van der Waals surface area contributed by atoms with E-state index in [1.807, 2.05) is 39.8 Å². The van der Waals surface area contributed by atoms with Crippen LogP contribution in [0.2, 0.25) is 0 Å². The summed E-state index contributed by atoms with van der Waals surface area (Å²) in [6, 6.07) is 5.99. The first-order chi connectivity index (χ1) is 18.8. The molecule has 1 aromatic rings. The van der Waals surface area contributed by atoms with Crippen LogP contribution in [0, 0.1) is 30.6 Å². The lowest BCUT2D eigenvalue weighted by Crippen LogP contribution is -2.64. The topological polar surface area (TPSA) is 111 Å². The van der Waals surface area contributed by atoms with Gasteiger partial charge in [0.1, 0.15) is 0 Å².